The fourth-order valence-corrected chi connectivity index (χ4v) is 3.39. The molecule has 30 heavy (non-hydrogen) atoms. The monoisotopic (exact) mass is 421 g/mol. The maximum atomic E-state index is 12.7. The number of imidazole rings is 1. The molecule has 0 unspecified atom stereocenters. The summed E-state index contributed by atoms with van der Waals surface area (Å²) >= 11 is 1.51. The molecule has 0 saturated carbocycles. The molecule has 0 atom stereocenters. The molecule has 0 bridgehead atoms. The summed E-state index contributed by atoms with van der Waals surface area (Å²) in [6.45, 7) is 0.661. The van der Waals surface area contributed by atoms with Crippen LogP contribution in [0, 0.1) is 0 Å². The van der Waals surface area contributed by atoms with E-state index >= 15 is 0 Å². The summed E-state index contributed by atoms with van der Waals surface area (Å²) in [5, 5.41) is 4.85. The number of amides is 1. The molecule has 4 aromatic rings. The van der Waals surface area contributed by atoms with Gasteiger partial charge in [-0.1, -0.05) is 6.07 Å². The summed E-state index contributed by atoms with van der Waals surface area (Å²) in [5.41, 5.74) is 3.94. The zero-order valence-corrected chi connectivity index (χ0v) is 17.0. The highest BCUT2D eigenvalue weighted by Gasteiger charge is 2.13. The predicted octanol–water partition coefficient (Wildman–Crippen LogP) is 3.24. The quantitative estimate of drug-likeness (QED) is 0.470. The van der Waals surface area contributed by atoms with Crippen LogP contribution in [0.4, 0.5) is 0 Å². The standard InChI is InChI=1S/C21H19N5O3S/c1-28-19-9-15(4-5-18(19)29-11-17-12-30-14-25-17)21(27)24-10-16-3-2-6-23-20(16)26-8-7-22-13-26/h2-9,12-14H,10-11H2,1H3,(H,24,27). The average molecular weight is 421 g/mol. The molecular weight excluding hydrogens is 402 g/mol. The van der Waals surface area contributed by atoms with Gasteiger partial charge in [0.1, 0.15) is 18.8 Å². The number of thiazole rings is 1. The van der Waals surface area contributed by atoms with Crippen LogP contribution in [0.1, 0.15) is 21.6 Å². The first-order valence-electron chi connectivity index (χ1n) is 9.13. The molecule has 1 N–H and O–H groups in total. The van der Waals surface area contributed by atoms with E-state index in [0.717, 1.165) is 17.1 Å². The Bertz CT molecular complexity index is 1110. The van der Waals surface area contributed by atoms with Crippen LogP contribution >= 0.6 is 11.3 Å². The van der Waals surface area contributed by atoms with Gasteiger partial charge in [-0.3, -0.25) is 9.36 Å². The maximum Gasteiger partial charge on any atom is 0.251 e. The predicted molar refractivity (Wildman–Crippen MR) is 112 cm³/mol. The van der Waals surface area contributed by atoms with Crippen molar-refractivity contribution < 1.29 is 14.3 Å². The number of benzene rings is 1. The lowest BCUT2D eigenvalue weighted by Crippen LogP contribution is -2.23. The summed E-state index contributed by atoms with van der Waals surface area (Å²) < 4.78 is 13.0. The Kier molecular flexibility index (Phi) is 6.00. The number of hydrogen-bond acceptors (Lipinski definition) is 7. The number of nitrogens with one attached hydrogen (secondary N) is 1. The highest BCUT2D eigenvalue weighted by molar-refractivity contribution is 7.07. The maximum absolute atomic E-state index is 12.7. The van der Waals surface area contributed by atoms with E-state index in [9.17, 15) is 4.79 Å². The number of ether oxygens (including phenoxy) is 2. The van der Waals surface area contributed by atoms with Crippen molar-refractivity contribution in [2.24, 2.45) is 0 Å². The van der Waals surface area contributed by atoms with E-state index in [0.29, 0.717) is 30.2 Å². The molecule has 0 fully saturated rings. The Labute approximate surface area is 177 Å². The molecule has 3 heterocycles. The number of rotatable bonds is 8. The Morgan fingerprint density at radius 2 is 2.13 bits per heavy atom. The molecule has 1 amide bonds. The summed E-state index contributed by atoms with van der Waals surface area (Å²) in [4.78, 5) is 25.3. The molecule has 0 spiro atoms. The molecular formula is C21H19N5O3S. The number of nitrogens with zero attached hydrogens (tertiary/aromatic N) is 4. The van der Waals surface area contributed by atoms with Gasteiger partial charge in [-0.05, 0) is 24.3 Å². The van der Waals surface area contributed by atoms with Crippen LogP contribution in [0.15, 0.2) is 66.1 Å². The normalized spacial score (nSPS) is 10.6. The third-order valence-electron chi connectivity index (χ3n) is 4.34. The van der Waals surface area contributed by atoms with Gasteiger partial charge in [0, 0.05) is 41.6 Å². The van der Waals surface area contributed by atoms with Gasteiger partial charge >= 0.3 is 0 Å². The summed E-state index contributed by atoms with van der Waals surface area (Å²) in [7, 11) is 1.54. The number of carbonyl (C=O) groups is 1. The lowest BCUT2D eigenvalue weighted by atomic mass is 10.1. The summed E-state index contributed by atoms with van der Waals surface area (Å²) in [6.07, 6.45) is 6.86. The van der Waals surface area contributed by atoms with Crippen LogP contribution in [0.3, 0.4) is 0 Å². The van der Waals surface area contributed by atoms with E-state index in [2.05, 4.69) is 20.3 Å². The molecule has 0 saturated heterocycles. The number of hydrogen-bond donors (Lipinski definition) is 1. The van der Waals surface area contributed by atoms with Gasteiger partial charge in [-0.15, -0.1) is 11.3 Å². The molecule has 8 nitrogen and oxygen atoms in total. The number of pyridine rings is 1. The van der Waals surface area contributed by atoms with Crippen molar-refractivity contribution in [2.45, 2.75) is 13.2 Å². The zero-order chi connectivity index (χ0) is 20.8. The summed E-state index contributed by atoms with van der Waals surface area (Å²) in [6, 6.07) is 8.83. The number of aromatic nitrogens is 4. The van der Waals surface area contributed by atoms with Gasteiger partial charge in [-0.25, -0.2) is 15.0 Å². The minimum absolute atomic E-state index is 0.222. The smallest absolute Gasteiger partial charge is 0.251 e. The lowest BCUT2D eigenvalue weighted by molar-refractivity contribution is 0.0950. The fraction of sp³-hybridized carbons (Fsp3) is 0.143. The van der Waals surface area contributed by atoms with Crippen LogP contribution in [0.25, 0.3) is 5.82 Å². The largest absolute Gasteiger partial charge is 0.493 e. The van der Waals surface area contributed by atoms with Gasteiger partial charge in [-0.2, -0.15) is 0 Å². The molecule has 0 aliphatic rings. The third kappa shape index (κ3) is 4.47. The minimum Gasteiger partial charge on any atom is -0.493 e. The Hall–Kier alpha value is -3.72. The van der Waals surface area contributed by atoms with E-state index in [-0.39, 0.29) is 5.91 Å². The number of methoxy groups -OCH3 is 1. The molecule has 0 aliphatic carbocycles. The van der Waals surface area contributed by atoms with E-state index < -0.39 is 0 Å². The van der Waals surface area contributed by atoms with Crippen LogP contribution in [0.5, 0.6) is 11.5 Å². The first kappa shape index (κ1) is 19.6. The Morgan fingerprint density at radius 1 is 1.20 bits per heavy atom. The van der Waals surface area contributed by atoms with E-state index in [1.165, 1.54) is 11.3 Å². The van der Waals surface area contributed by atoms with Crippen LogP contribution in [0.2, 0.25) is 0 Å². The van der Waals surface area contributed by atoms with Crippen molar-refractivity contribution >= 4 is 17.2 Å². The molecule has 152 valence electrons. The molecule has 0 radical (unpaired) electrons. The second-order valence-electron chi connectivity index (χ2n) is 6.27. The SMILES string of the molecule is COc1cc(C(=O)NCc2cccnc2-n2ccnc2)ccc1OCc1cscn1. The van der Waals surface area contributed by atoms with Gasteiger partial charge in [0.05, 0.1) is 18.3 Å². The topological polar surface area (TPSA) is 91.2 Å². The van der Waals surface area contributed by atoms with Crippen molar-refractivity contribution in [1.82, 2.24) is 24.8 Å². The zero-order valence-electron chi connectivity index (χ0n) is 16.2. The highest BCUT2D eigenvalue weighted by atomic mass is 32.1. The van der Waals surface area contributed by atoms with Crippen molar-refractivity contribution in [3.8, 4) is 17.3 Å². The second kappa shape index (κ2) is 9.19. The van der Waals surface area contributed by atoms with Crippen LogP contribution in [-0.4, -0.2) is 32.5 Å². The van der Waals surface area contributed by atoms with Crippen molar-refractivity contribution in [3.63, 3.8) is 0 Å². The molecule has 1 aromatic carbocycles. The second-order valence-corrected chi connectivity index (χ2v) is 6.99. The van der Waals surface area contributed by atoms with Crippen molar-refractivity contribution in [1.29, 1.82) is 0 Å². The van der Waals surface area contributed by atoms with Crippen LogP contribution in [-0.2, 0) is 13.2 Å². The molecule has 3 aromatic heterocycles. The molecule has 4 rings (SSSR count). The fourth-order valence-electron chi connectivity index (χ4n) is 2.85. The van der Waals surface area contributed by atoms with Gasteiger partial charge in [0.2, 0.25) is 0 Å². The lowest BCUT2D eigenvalue weighted by Gasteiger charge is -2.13. The van der Waals surface area contributed by atoms with E-state index in [4.69, 9.17) is 9.47 Å². The molecule has 0 aliphatic heterocycles. The first-order valence-corrected chi connectivity index (χ1v) is 10.1. The highest BCUT2D eigenvalue weighted by Crippen LogP contribution is 2.29. The van der Waals surface area contributed by atoms with Crippen molar-refractivity contribution in [2.75, 3.05) is 7.11 Å². The van der Waals surface area contributed by atoms with Crippen LogP contribution < -0.4 is 14.8 Å². The van der Waals surface area contributed by atoms with E-state index in [1.807, 2.05) is 23.7 Å². The molecule has 9 heteroatoms. The van der Waals surface area contributed by atoms with Gasteiger partial charge in [0.15, 0.2) is 11.5 Å². The Balaban J connectivity index is 1.44. The minimum atomic E-state index is -0.222. The third-order valence-corrected chi connectivity index (χ3v) is 4.98. The Morgan fingerprint density at radius 3 is 2.90 bits per heavy atom. The van der Waals surface area contributed by atoms with Gasteiger partial charge < -0.3 is 14.8 Å². The average Bonchev–Trinajstić information content (AvgIpc) is 3.50. The number of carbonyl (C=O) groups excluding carboxylic acids is 1. The first-order chi connectivity index (χ1) is 14.7. The van der Waals surface area contributed by atoms with Gasteiger partial charge in [0.25, 0.3) is 5.91 Å². The summed E-state index contributed by atoms with van der Waals surface area (Å²) in [5.74, 6) is 1.54. The van der Waals surface area contributed by atoms with E-state index in [1.54, 1.807) is 54.1 Å². The van der Waals surface area contributed by atoms with Crippen molar-refractivity contribution in [3.05, 3.63) is 83.0 Å².